The molecule has 1 aliphatic heterocycles. The van der Waals surface area contributed by atoms with Gasteiger partial charge < -0.3 is 4.52 Å². The van der Waals surface area contributed by atoms with Gasteiger partial charge in [-0.3, -0.25) is 0 Å². The zero-order valence-electron chi connectivity index (χ0n) is 5.36. The molecule has 0 N–H and O–H groups in total. The first-order chi connectivity index (χ1) is 4.16. The minimum atomic E-state index is -1.44. The Balaban J connectivity index is 2.55. The summed E-state index contributed by atoms with van der Waals surface area (Å²) >= 11 is 8.91. The van der Waals surface area contributed by atoms with Crippen molar-refractivity contribution in [2.24, 2.45) is 0 Å². The Kier molecular flexibility index (Phi) is 2.93. The zero-order valence-corrected chi connectivity index (χ0v) is 8.71. The normalized spacial score (nSPS) is 43.6. The minimum absolute atomic E-state index is 0.695. The second-order valence-corrected chi connectivity index (χ2v) is 12.8. The van der Waals surface area contributed by atoms with Crippen LogP contribution in [0.2, 0.25) is 0 Å². The van der Waals surface area contributed by atoms with E-state index < -0.39 is 4.67 Å². The van der Waals surface area contributed by atoms with Gasteiger partial charge in [-0.25, -0.2) is 0 Å². The molecule has 9 heavy (non-hydrogen) atoms. The molecule has 5 heteroatoms. The van der Waals surface area contributed by atoms with Crippen molar-refractivity contribution in [1.82, 2.24) is 0 Å². The Labute approximate surface area is 68.9 Å². The molecule has 1 nitrogen and oxygen atoms in total. The topological polar surface area (TPSA) is 9.23 Å². The van der Waals surface area contributed by atoms with Crippen LogP contribution in [-0.4, -0.2) is 18.1 Å². The molecule has 1 aliphatic rings. The van der Waals surface area contributed by atoms with Crippen molar-refractivity contribution < 1.29 is 4.52 Å². The summed E-state index contributed by atoms with van der Waals surface area (Å²) in [7, 11) is 1.72. The summed E-state index contributed by atoms with van der Waals surface area (Å²) in [4.78, 5) is 0. The lowest BCUT2D eigenvalue weighted by Crippen LogP contribution is -1.88. The first kappa shape index (κ1) is 8.41. The predicted molar refractivity (Wildman–Crippen MR) is 50.8 cm³/mol. The molecule has 1 saturated heterocycles. The lowest BCUT2D eigenvalue weighted by atomic mass is 10.6. The van der Waals surface area contributed by atoms with Crippen LogP contribution < -0.4 is 0 Å². The number of hydrogen-bond donors (Lipinski definition) is 0. The summed E-state index contributed by atoms with van der Waals surface area (Å²) in [6.45, 7) is 2.20. The smallest absolute Gasteiger partial charge is 0.174 e. The lowest BCUT2D eigenvalue weighted by Gasteiger charge is -2.08. The van der Waals surface area contributed by atoms with E-state index in [0.717, 1.165) is 5.75 Å². The zero-order chi connectivity index (χ0) is 6.91. The molecule has 2 atom stereocenters. The van der Waals surface area contributed by atoms with Crippen LogP contribution in [0.15, 0.2) is 0 Å². The molecular weight excluding hydrogens is 191 g/mol. The van der Waals surface area contributed by atoms with E-state index in [1.807, 2.05) is 22.8 Å². The average Bonchev–Trinajstić information content (AvgIpc) is 2.13. The molecule has 0 radical (unpaired) electrons. The predicted octanol–water partition coefficient (Wildman–Crippen LogP) is 2.73. The van der Waals surface area contributed by atoms with Gasteiger partial charge in [-0.15, -0.1) is 0 Å². The molecule has 0 aromatic heterocycles. The largest absolute Gasteiger partial charge is 0.337 e. The van der Waals surface area contributed by atoms with Gasteiger partial charge in [0, 0.05) is 18.1 Å². The van der Waals surface area contributed by atoms with Crippen molar-refractivity contribution in [1.29, 1.82) is 0 Å². The molecule has 0 bridgehead atoms. The molecule has 0 aliphatic carbocycles. The Morgan fingerprint density at radius 1 is 1.78 bits per heavy atom. The van der Waals surface area contributed by atoms with Crippen molar-refractivity contribution in [2.45, 2.75) is 12.2 Å². The first-order valence-corrected chi connectivity index (χ1v) is 8.44. The molecule has 0 saturated carbocycles. The van der Waals surface area contributed by atoms with Crippen LogP contribution in [0.3, 0.4) is 0 Å². The summed E-state index contributed by atoms with van der Waals surface area (Å²) in [5.41, 5.74) is 0. The van der Waals surface area contributed by atoms with E-state index in [2.05, 4.69) is 6.92 Å². The van der Waals surface area contributed by atoms with Crippen molar-refractivity contribution >= 4 is 39.2 Å². The van der Waals surface area contributed by atoms with Gasteiger partial charge in [-0.2, -0.15) is 0 Å². The lowest BCUT2D eigenvalue weighted by molar-refractivity contribution is 0.480. The van der Waals surface area contributed by atoms with Crippen molar-refractivity contribution in [2.75, 3.05) is 12.9 Å². The van der Waals surface area contributed by atoms with Crippen molar-refractivity contribution in [3.8, 4) is 0 Å². The van der Waals surface area contributed by atoms with E-state index in [1.54, 1.807) is 7.11 Å². The molecule has 2 unspecified atom stereocenters. The van der Waals surface area contributed by atoms with Crippen LogP contribution in [0.1, 0.15) is 6.92 Å². The van der Waals surface area contributed by atoms with Crippen LogP contribution >= 0.6 is 27.4 Å². The molecule has 0 aromatic carbocycles. The molecule has 1 heterocycles. The Hall–Kier alpha value is 1.31. The summed E-state index contributed by atoms with van der Waals surface area (Å²) < 4.78 is 3.78. The third-order valence-corrected chi connectivity index (χ3v) is 11.4. The quantitative estimate of drug-likeness (QED) is 0.601. The summed E-state index contributed by atoms with van der Waals surface area (Å²) in [5, 5.41) is 0.695. The molecule has 0 spiro atoms. The summed E-state index contributed by atoms with van der Waals surface area (Å²) in [5.74, 6) is 1.16. The van der Waals surface area contributed by atoms with Gasteiger partial charge in [-0.1, -0.05) is 29.7 Å². The number of rotatable bonds is 1. The fraction of sp³-hybridized carbons (Fsp3) is 1.00. The van der Waals surface area contributed by atoms with E-state index in [-0.39, 0.29) is 0 Å². The van der Waals surface area contributed by atoms with E-state index in [0.29, 0.717) is 5.25 Å². The maximum absolute atomic E-state index is 5.26. The van der Waals surface area contributed by atoms with Gasteiger partial charge in [0.2, 0.25) is 0 Å². The van der Waals surface area contributed by atoms with Gasteiger partial charge in [0.15, 0.2) is 4.67 Å². The maximum Gasteiger partial charge on any atom is 0.174 e. The second-order valence-electron chi connectivity index (χ2n) is 1.84. The van der Waals surface area contributed by atoms with E-state index in [4.69, 9.17) is 16.3 Å². The first-order valence-electron chi connectivity index (χ1n) is 2.65. The second kappa shape index (κ2) is 3.14. The van der Waals surface area contributed by atoms with Crippen LogP contribution in [0, 0.1) is 0 Å². The van der Waals surface area contributed by atoms with Crippen molar-refractivity contribution in [3.05, 3.63) is 0 Å². The molecule has 0 aromatic rings. The molecule has 54 valence electrons. The van der Waals surface area contributed by atoms with Gasteiger partial charge in [0.25, 0.3) is 0 Å². The van der Waals surface area contributed by atoms with Crippen LogP contribution in [0.5, 0.6) is 0 Å². The Morgan fingerprint density at radius 2 is 2.44 bits per heavy atom. The Bertz CT molecular complexity index is 149. The van der Waals surface area contributed by atoms with Crippen LogP contribution in [-0.2, 0) is 16.3 Å². The third kappa shape index (κ3) is 2.12. The summed E-state index contributed by atoms with van der Waals surface area (Å²) in [6, 6.07) is 0. The standard InChI is InChI=1S/C4H9OPS3/c1-4-3-8-6(7,5-2)9-4/h4H,3H2,1-2H3. The summed E-state index contributed by atoms with van der Waals surface area (Å²) in [6.07, 6.45) is 0. The molecule has 1 fully saturated rings. The van der Waals surface area contributed by atoms with Gasteiger partial charge >= 0.3 is 0 Å². The van der Waals surface area contributed by atoms with Crippen LogP contribution in [0.4, 0.5) is 0 Å². The highest BCUT2D eigenvalue weighted by Crippen LogP contribution is 2.75. The van der Waals surface area contributed by atoms with Crippen LogP contribution in [0.25, 0.3) is 0 Å². The molecule has 0 amide bonds. The van der Waals surface area contributed by atoms with Gasteiger partial charge in [-0.05, 0) is 11.8 Å². The van der Waals surface area contributed by atoms with Crippen molar-refractivity contribution in [3.63, 3.8) is 0 Å². The van der Waals surface area contributed by atoms with E-state index in [9.17, 15) is 0 Å². The maximum atomic E-state index is 5.26. The fourth-order valence-corrected chi connectivity index (χ4v) is 10.5. The minimum Gasteiger partial charge on any atom is -0.337 e. The molecule has 1 rings (SSSR count). The highest BCUT2D eigenvalue weighted by molar-refractivity contribution is 9.00. The third-order valence-electron chi connectivity index (χ3n) is 1.00. The van der Waals surface area contributed by atoms with E-state index >= 15 is 0 Å². The monoisotopic (exact) mass is 200 g/mol. The highest BCUT2D eigenvalue weighted by atomic mass is 33.2. The highest BCUT2D eigenvalue weighted by Gasteiger charge is 2.29. The SMILES string of the molecule is COP1(=S)SCC(C)S1. The van der Waals surface area contributed by atoms with E-state index in [1.165, 1.54) is 0 Å². The molecular formula is C4H9OPS3. The average molecular weight is 200 g/mol. The van der Waals surface area contributed by atoms with Gasteiger partial charge in [0.05, 0.1) is 0 Å². The Morgan fingerprint density at radius 3 is 2.67 bits per heavy atom. The van der Waals surface area contributed by atoms with Gasteiger partial charge in [0.1, 0.15) is 0 Å². The number of hydrogen-bond acceptors (Lipinski definition) is 4. The fourth-order valence-electron chi connectivity index (χ4n) is 0.573.